The number of aromatic nitrogens is 1. The monoisotopic (exact) mass is 277 g/mol. The fraction of sp³-hybridized carbons (Fsp3) is 0.111. The number of nitrogens with zero attached hydrogens (tertiary/aromatic N) is 1. The van der Waals surface area contributed by atoms with E-state index in [-0.39, 0.29) is 17.0 Å². The summed E-state index contributed by atoms with van der Waals surface area (Å²) in [6, 6.07) is 4.72. The number of carbonyl (C=O) groups is 1. The summed E-state index contributed by atoms with van der Waals surface area (Å²) >= 11 is 16.5. The van der Waals surface area contributed by atoms with Crippen LogP contribution in [0.25, 0.3) is 0 Å². The summed E-state index contributed by atoms with van der Waals surface area (Å²) in [5.41, 5.74) is 4.87. The minimum absolute atomic E-state index is 0.203. The second-order valence-corrected chi connectivity index (χ2v) is 5.09. The van der Waals surface area contributed by atoms with Crippen molar-refractivity contribution in [2.24, 2.45) is 5.73 Å². The van der Waals surface area contributed by atoms with Crippen LogP contribution in [-0.4, -0.2) is 14.6 Å². The second-order valence-electron chi connectivity index (χ2n) is 2.81. The molecule has 0 saturated carbocycles. The van der Waals surface area contributed by atoms with Crippen LogP contribution >= 0.6 is 34.8 Å². The maximum Gasteiger partial charge on any atom is 0.231 e. The Balaban J connectivity index is 3.21. The number of hydrogen-bond donors (Lipinski definition) is 2. The Kier molecular flexibility index (Phi) is 3.87. The van der Waals surface area contributed by atoms with Crippen LogP contribution in [0, 0.1) is 11.3 Å². The summed E-state index contributed by atoms with van der Waals surface area (Å²) < 4.78 is -1.98. The molecule has 1 aromatic rings. The van der Waals surface area contributed by atoms with Gasteiger partial charge in [0.2, 0.25) is 9.58 Å². The van der Waals surface area contributed by atoms with Gasteiger partial charge in [0.1, 0.15) is 11.6 Å². The maximum atomic E-state index is 11.8. The average molecular weight is 279 g/mol. The molecule has 84 valence electrons. The van der Waals surface area contributed by atoms with Crippen molar-refractivity contribution in [2.75, 3.05) is 0 Å². The molecule has 3 N–H and O–H groups in total. The molecule has 0 aliphatic rings. The predicted octanol–water partition coefficient (Wildman–Crippen LogP) is 2.30. The highest BCUT2D eigenvalue weighted by atomic mass is 35.6. The number of hydrogen-bond acceptors (Lipinski definition) is 3. The van der Waals surface area contributed by atoms with Crippen LogP contribution in [0.15, 0.2) is 29.6 Å². The Morgan fingerprint density at radius 2 is 2.12 bits per heavy atom. The first-order valence-corrected chi connectivity index (χ1v) is 5.16. The van der Waals surface area contributed by atoms with Crippen molar-refractivity contribution >= 4 is 40.6 Å². The van der Waals surface area contributed by atoms with E-state index in [9.17, 15) is 4.79 Å². The first kappa shape index (κ1) is 12.9. The van der Waals surface area contributed by atoms with Crippen LogP contribution in [0.4, 0.5) is 0 Å². The third-order valence-electron chi connectivity index (χ3n) is 1.76. The zero-order valence-electron chi connectivity index (χ0n) is 7.80. The molecule has 0 aliphatic heterocycles. The number of halogens is 3. The normalized spacial score (nSPS) is 12.9. The molecule has 0 amide bonds. The molecule has 7 heteroatoms. The molecule has 0 unspecified atom stereocenters. The number of alkyl halides is 3. The number of H-pyrrole nitrogens is 1. The lowest BCUT2D eigenvalue weighted by Crippen LogP contribution is -2.21. The van der Waals surface area contributed by atoms with E-state index in [4.69, 9.17) is 45.8 Å². The van der Waals surface area contributed by atoms with Gasteiger partial charge in [-0.3, -0.25) is 4.79 Å². The van der Waals surface area contributed by atoms with Gasteiger partial charge in [0.25, 0.3) is 0 Å². The van der Waals surface area contributed by atoms with Crippen molar-refractivity contribution in [3.63, 3.8) is 0 Å². The van der Waals surface area contributed by atoms with Gasteiger partial charge in [-0.2, -0.15) is 5.26 Å². The molecule has 0 spiro atoms. The molecular formula is C9H6Cl3N3O. The number of nitrogens with one attached hydrogen (secondary N) is 1. The summed E-state index contributed by atoms with van der Waals surface area (Å²) in [7, 11) is 0. The largest absolute Gasteiger partial charge is 0.397 e. The molecule has 0 fully saturated rings. The number of nitrogens with two attached hydrogens (primary N) is 1. The van der Waals surface area contributed by atoms with Crippen LogP contribution in [0.3, 0.4) is 0 Å². The molecule has 1 heterocycles. The minimum Gasteiger partial charge on any atom is -0.397 e. The van der Waals surface area contributed by atoms with E-state index in [0.29, 0.717) is 0 Å². The zero-order valence-corrected chi connectivity index (χ0v) is 10.1. The number of ketones is 1. The first-order chi connectivity index (χ1) is 7.38. The molecule has 1 aromatic heterocycles. The van der Waals surface area contributed by atoms with Crippen molar-refractivity contribution < 1.29 is 4.79 Å². The minimum atomic E-state index is -1.98. The van der Waals surface area contributed by atoms with Gasteiger partial charge in [-0.25, -0.2) is 0 Å². The number of carbonyl (C=O) groups excluding carboxylic acids is 1. The van der Waals surface area contributed by atoms with E-state index >= 15 is 0 Å². The zero-order chi connectivity index (χ0) is 12.3. The van der Waals surface area contributed by atoms with Crippen molar-refractivity contribution in [1.29, 1.82) is 5.26 Å². The van der Waals surface area contributed by atoms with E-state index in [2.05, 4.69) is 4.98 Å². The summed E-state index contributed by atoms with van der Waals surface area (Å²) in [5.74, 6) is -0.615. The van der Waals surface area contributed by atoms with Crippen LogP contribution in [0.2, 0.25) is 0 Å². The molecular weight excluding hydrogens is 272 g/mol. The highest BCUT2D eigenvalue weighted by molar-refractivity contribution is 6.69. The smallest absolute Gasteiger partial charge is 0.231 e. The summed E-state index contributed by atoms with van der Waals surface area (Å²) in [4.78, 5) is 14.4. The lowest BCUT2D eigenvalue weighted by atomic mass is 10.1. The number of allylic oxidation sites excluding steroid dienone is 2. The van der Waals surface area contributed by atoms with Crippen LogP contribution in [0.1, 0.15) is 10.5 Å². The average Bonchev–Trinajstić information content (AvgIpc) is 2.69. The van der Waals surface area contributed by atoms with Crippen molar-refractivity contribution in [2.45, 2.75) is 3.79 Å². The van der Waals surface area contributed by atoms with Crippen molar-refractivity contribution in [1.82, 2.24) is 4.98 Å². The molecule has 0 saturated heterocycles. The Hall–Kier alpha value is -1.15. The van der Waals surface area contributed by atoms with Gasteiger partial charge >= 0.3 is 0 Å². The van der Waals surface area contributed by atoms with E-state index in [1.165, 1.54) is 12.3 Å². The summed E-state index contributed by atoms with van der Waals surface area (Å²) in [5, 5.41) is 8.83. The molecule has 4 nitrogen and oxygen atoms in total. The van der Waals surface area contributed by atoms with Crippen LogP contribution < -0.4 is 5.73 Å². The van der Waals surface area contributed by atoms with Crippen LogP contribution in [0.5, 0.6) is 0 Å². The van der Waals surface area contributed by atoms with Crippen LogP contribution in [-0.2, 0) is 0 Å². The number of Topliss-reactive ketones (excluding diaryl/α,β-unsaturated/α-hetero) is 1. The predicted molar refractivity (Wildman–Crippen MR) is 62.2 cm³/mol. The third kappa shape index (κ3) is 2.70. The Labute approximate surface area is 107 Å². The Bertz CT molecular complexity index is 465. The topological polar surface area (TPSA) is 82.7 Å². The highest BCUT2D eigenvalue weighted by Gasteiger charge is 2.30. The van der Waals surface area contributed by atoms with Gasteiger partial charge < -0.3 is 10.7 Å². The quantitative estimate of drug-likeness (QED) is 0.377. The molecule has 0 radical (unpaired) electrons. The van der Waals surface area contributed by atoms with Crippen molar-refractivity contribution in [3.8, 4) is 6.07 Å². The third-order valence-corrected chi connectivity index (χ3v) is 2.37. The fourth-order valence-corrected chi connectivity index (χ4v) is 1.26. The number of rotatable bonds is 2. The fourth-order valence-electron chi connectivity index (χ4n) is 0.981. The first-order valence-electron chi connectivity index (χ1n) is 4.03. The number of nitriles is 1. The lowest BCUT2D eigenvalue weighted by molar-refractivity contribution is 0.103. The molecule has 0 aromatic carbocycles. The highest BCUT2D eigenvalue weighted by Crippen LogP contribution is 2.33. The second kappa shape index (κ2) is 4.79. The van der Waals surface area contributed by atoms with Gasteiger partial charge in [-0.1, -0.05) is 34.8 Å². The van der Waals surface area contributed by atoms with E-state index < -0.39 is 9.58 Å². The summed E-state index contributed by atoms with van der Waals surface area (Å²) in [6.45, 7) is 0. The number of aromatic amines is 1. The van der Waals surface area contributed by atoms with Gasteiger partial charge in [0, 0.05) is 6.20 Å². The molecule has 0 bridgehead atoms. The van der Waals surface area contributed by atoms with Gasteiger partial charge in [0.15, 0.2) is 0 Å². The van der Waals surface area contributed by atoms with E-state index in [1.54, 1.807) is 12.1 Å². The van der Waals surface area contributed by atoms with Gasteiger partial charge in [-0.15, -0.1) is 0 Å². The molecule has 0 atom stereocenters. The Morgan fingerprint density at radius 3 is 2.50 bits per heavy atom. The molecule has 16 heavy (non-hydrogen) atoms. The van der Waals surface area contributed by atoms with Gasteiger partial charge in [0.05, 0.1) is 11.4 Å². The van der Waals surface area contributed by atoms with E-state index in [1.807, 2.05) is 0 Å². The van der Waals surface area contributed by atoms with Gasteiger partial charge in [-0.05, 0) is 12.1 Å². The standard InChI is InChI=1S/C9H6Cl3N3O/c10-9(11,12)8(14)5(4-13)7(16)6-2-1-3-15-6/h1-3,15H,14H2/b8-5+. The van der Waals surface area contributed by atoms with E-state index in [0.717, 1.165) is 0 Å². The lowest BCUT2D eigenvalue weighted by Gasteiger charge is -2.12. The summed E-state index contributed by atoms with van der Waals surface area (Å²) in [6.07, 6.45) is 1.54. The SMILES string of the molecule is N#C/C(C(=O)c1ccc[nH]1)=C(\N)C(Cl)(Cl)Cl. The maximum absolute atomic E-state index is 11.8. The van der Waals surface area contributed by atoms with Crippen molar-refractivity contribution in [3.05, 3.63) is 35.3 Å². The molecule has 0 aliphatic carbocycles. The molecule has 1 rings (SSSR count). The Morgan fingerprint density at radius 1 is 1.50 bits per heavy atom.